The van der Waals surface area contributed by atoms with Crippen molar-refractivity contribution in [1.82, 2.24) is 14.1 Å². The molecule has 0 saturated carbocycles. The third-order valence-corrected chi connectivity index (χ3v) is 5.18. The number of hydrogen-bond acceptors (Lipinski definition) is 4. The number of fused-ring (bicyclic) bond motifs is 1. The Bertz CT molecular complexity index is 536. The number of rotatable bonds is 3. The maximum absolute atomic E-state index is 12.0. The van der Waals surface area contributed by atoms with Crippen LogP contribution in [0.3, 0.4) is 0 Å². The number of hydrogen-bond donors (Lipinski definition) is 0. The smallest absolute Gasteiger partial charge is 0.236 e. The largest absolute Gasteiger partial charge is 0.480 e. The molecule has 0 amide bonds. The van der Waals surface area contributed by atoms with Crippen molar-refractivity contribution in [3.8, 4) is 5.88 Å². The highest BCUT2D eigenvalue weighted by Crippen LogP contribution is 2.27. The zero-order chi connectivity index (χ0) is 13.3. The molecule has 2 heterocycles. The lowest BCUT2D eigenvalue weighted by molar-refractivity contribution is 0.380. The van der Waals surface area contributed by atoms with Gasteiger partial charge in [0.1, 0.15) is 0 Å². The Morgan fingerprint density at radius 3 is 2.78 bits per heavy atom. The van der Waals surface area contributed by atoms with Crippen molar-refractivity contribution in [2.75, 3.05) is 19.4 Å². The Morgan fingerprint density at radius 1 is 1.44 bits per heavy atom. The lowest BCUT2D eigenvalue weighted by Crippen LogP contribution is -2.32. The van der Waals surface area contributed by atoms with Gasteiger partial charge in [-0.1, -0.05) is 0 Å². The fourth-order valence-electron chi connectivity index (χ4n) is 2.29. The van der Waals surface area contributed by atoms with E-state index in [1.807, 2.05) is 7.05 Å². The second kappa shape index (κ2) is 4.89. The summed E-state index contributed by atoms with van der Waals surface area (Å²) in [6, 6.07) is 0. The van der Waals surface area contributed by atoms with Crippen LogP contribution in [-0.4, -0.2) is 41.9 Å². The summed E-state index contributed by atoms with van der Waals surface area (Å²) in [6.45, 7) is 2.62. The molecule has 0 N–H and O–H groups in total. The van der Waals surface area contributed by atoms with E-state index in [0.29, 0.717) is 19.0 Å². The first-order valence-corrected chi connectivity index (χ1v) is 7.67. The Morgan fingerprint density at radius 2 is 2.17 bits per heavy atom. The van der Waals surface area contributed by atoms with Gasteiger partial charge in [-0.15, -0.1) is 5.10 Å². The normalized spacial score (nSPS) is 17.3. The first-order valence-electron chi connectivity index (χ1n) is 6.06. The summed E-state index contributed by atoms with van der Waals surface area (Å²) < 4.78 is 32.4. The first-order chi connectivity index (χ1) is 8.49. The zero-order valence-electron chi connectivity index (χ0n) is 11.0. The van der Waals surface area contributed by atoms with E-state index in [2.05, 4.69) is 5.10 Å². The van der Waals surface area contributed by atoms with Gasteiger partial charge in [-0.3, -0.25) is 4.68 Å². The maximum atomic E-state index is 12.0. The molecule has 1 aromatic heterocycles. The van der Waals surface area contributed by atoms with Crippen molar-refractivity contribution in [2.24, 2.45) is 7.05 Å². The number of nitrogens with zero attached hydrogens (tertiary/aromatic N) is 3. The SMILES string of the molecule is CCS(=O)(=O)N1CCCc2c(OC)nn(C)c2C1. The minimum atomic E-state index is -3.15. The lowest BCUT2D eigenvalue weighted by Gasteiger charge is -2.19. The number of aromatic nitrogens is 2. The molecular formula is C11H19N3O3S. The van der Waals surface area contributed by atoms with E-state index in [4.69, 9.17) is 4.74 Å². The molecule has 0 aliphatic carbocycles. The van der Waals surface area contributed by atoms with Crippen LogP contribution < -0.4 is 4.74 Å². The molecule has 1 aliphatic heterocycles. The Kier molecular flexibility index (Phi) is 3.63. The summed E-state index contributed by atoms with van der Waals surface area (Å²) in [5.41, 5.74) is 1.97. The molecule has 102 valence electrons. The zero-order valence-corrected chi connectivity index (χ0v) is 11.8. The fraction of sp³-hybridized carbons (Fsp3) is 0.727. The fourth-order valence-corrected chi connectivity index (χ4v) is 3.38. The number of aryl methyl sites for hydroxylation is 1. The van der Waals surface area contributed by atoms with E-state index >= 15 is 0 Å². The van der Waals surface area contributed by atoms with Crippen LogP contribution in [0, 0.1) is 0 Å². The highest BCUT2D eigenvalue weighted by atomic mass is 32.2. The number of sulfonamides is 1. The van der Waals surface area contributed by atoms with E-state index in [0.717, 1.165) is 24.1 Å². The quantitative estimate of drug-likeness (QED) is 0.805. The molecule has 1 aromatic rings. The predicted octanol–water partition coefficient (Wildman–Crippen LogP) is 0.527. The molecular weight excluding hydrogens is 254 g/mol. The van der Waals surface area contributed by atoms with Gasteiger partial charge in [-0.25, -0.2) is 8.42 Å². The van der Waals surface area contributed by atoms with Crippen LogP contribution >= 0.6 is 0 Å². The Balaban J connectivity index is 2.38. The predicted molar refractivity (Wildman–Crippen MR) is 68.0 cm³/mol. The van der Waals surface area contributed by atoms with Gasteiger partial charge < -0.3 is 4.74 Å². The van der Waals surface area contributed by atoms with Gasteiger partial charge >= 0.3 is 0 Å². The molecule has 0 aromatic carbocycles. The minimum Gasteiger partial charge on any atom is -0.480 e. The summed E-state index contributed by atoms with van der Waals surface area (Å²) in [5, 5.41) is 4.27. The van der Waals surface area contributed by atoms with Crippen LogP contribution in [-0.2, 0) is 30.0 Å². The molecule has 6 nitrogen and oxygen atoms in total. The second-order valence-corrected chi connectivity index (χ2v) is 6.65. The molecule has 0 saturated heterocycles. The highest BCUT2D eigenvalue weighted by molar-refractivity contribution is 7.89. The minimum absolute atomic E-state index is 0.136. The van der Waals surface area contributed by atoms with Crippen molar-refractivity contribution in [2.45, 2.75) is 26.3 Å². The van der Waals surface area contributed by atoms with Crippen LogP contribution in [0.15, 0.2) is 0 Å². The van der Waals surface area contributed by atoms with Gasteiger partial charge in [0.05, 0.1) is 25.1 Å². The van der Waals surface area contributed by atoms with Crippen molar-refractivity contribution in [3.05, 3.63) is 11.3 Å². The monoisotopic (exact) mass is 273 g/mol. The Labute approximate surface area is 108 Å². The van der Waals surface area contributed by atoms with E-state index in [1.165, 1.54) is 0 Å². The van der Waals surface area contributed by atoms with Crippen LogP contribution in [0.1, 0.15) is 24.6 Å². The van der Waals surface area contributed by atoms with Crippen LogP contribution in [0.2, 0.25) is 0 Å². The third kappa shape index (κ3) is 2.24. The van der Waals surface area contributed by atoms with Crippen molar-refractivity contribution < 1.29 is 13.2 Å². The van der Waals surface area contributed by atoms with Crippen molar-refractivity contribution >= 4 is 10.0 Å². The first kappa shape index (κ1) is 13.4. The average Bonchev–Trinajstić information content (AvgIpc) is 2.55. The maximum Gasteiger partial charge on any atom is 0.236 e. The highest BCUT2D eigenvalue weighted by Gasteiger charge is 2.28. The molecule has 0 unspecified atom stereocenters. The molecule has 0 radical (unpaired) electrons. The molecule has 0 fully saturated rings. The van der Waals surface area contributed by atoms with E-state index in [1.54, 1.807) is 23.0 Å². The molecule has 0 spiro atoms. The Hall–Kier alpha value is -1.08. The summed E-state index contributed by atoms with van der Waals surface area (Å²) >= 11 is 0. The molecule has 0 bridgehead atoms. The second-order valence-electron chi connectivity index (χ2n) is 4.40. The summed E-state index contributed by atoms with van der Waals surface area (Å²) in [7, 11) is 0.264. The average molecular weight is 273 g/mol. The molecule has 7 heteroatoms. The topological polar surface area (TPSA) is 64.4 Å². The molecule has 1 aliphatic rings. The molecule has 2 rings (SSSR count). The van der Waals surface area contributed by atoms with Crippen molar-refractivity contribution in [1.29, 1.82) is 0 Å². The van der Waals surface area contributed by atoms with Gasteiger partial charge in [0.25, 0.3) is 0 Å². The third-order valence-electron chi connectivity index (χ3n) is 3.35. The van der Waals surface area contributed by atoms with Crippen LogP contribution in [0.5, 0.6) is 5.88 Å². The molecule has 18 heavy (non-hydrogen) atoms. The lowest BCUT2D eigenvalue weighted by atomic mass is 10.1. The summed E-state index contributed by atoms with van der Waals surface area (Å²) in [4.78, 5) is 0. The van der Waals surface area contributed by atoms with Gasteiger partial charge in [0.15, 0.2) is 0 Å². The van der Waals surface area contributed by atoms with E-state index in [9.17, 15) is 8.42 Å². The van der Waals surface area contributed by atoms with Crippen LogP contribution in [0.25, 0.3) is 0 Å². The number of methoxy groups -OCH3 is 1. The van der Waals surface area contributed by atoms with E-state index in [-0.39, 0.29) is 5.75 Å². The standard InChI is InChI=1S/C11H19N3O3S/c1-4-18(15,16)14-7-5-6-9-10(8-14)13(2)12-11(9)17-3/h4-8H2,1-3H3. The summed E-state index contributed by atoms with van der Waals surface area (Å²) in [5.74, 6) is 0.750. The van der Waals surface area contributed by atoms with E-state index < -0.39 is 10.0 Å². The van der Waals surface area contributed by atoms with Gasteiger partial charge in [-0.05, 0) is 19.8 Å². The van der Waals surface area contributed by atoms with Gasteiger partial charge in [0.2, 0.25) is 15.9 Å². The summed E-state index contributed by atoms with van der Waals surface area (Å²) in [6.07, 6.45) is 1.61. The van der Waals surface area contributed by atoms with Crippen LogP contribution in [0.4, 0.5) is 0 Å². The van der Waals surface area contributed by atoms with Gasteiger partial charge in [0, 0.05) is 19.2 Å². The van der Waals surface area contributed by atoms with Gasteiger partial charge in [-0.2, -0.15) is 4.31 Å². The van der Waals surface area contributed by atoms with Crippen molar-refractivity contribution in [3.63, 3.8) is 0 Å². The molecule has 0 atom stereocenters. The number of ether oxygens (including phenoxy) is 1.